The van der Waals surface area contributed by atoms with Gasteiger partial charge in [0.15, 0.2) is 17.4 Å². The molecule has 1 aliphatic rings. The van der Waals surface area contributed by atoms with Crippen molar-refractivity contribution in [3.8, 4) is 0 Å². The average Bonchev–Trinajstić information content (AvgIpc) is 3.04. The summed E-state index contributed by atoms with van der Waals surface area (Å²) in [4.78, 5) is 8.92. The third-order valence-corrected chi connectivity index (χ3v) is 4.29. The smallest absolute Gasteiger partial charge is 0.191 e. The van der Waals surface area contributed by atoms with Crippen LogP contribution in [0.3, 0.4) is 0 Å². The topological polar surface area (TPSA) is 75.6 Å². The highest BCUT2D eigenvalue weighted by Crippen LogP contribution is 2.22. The molecule has 4 heterocycles. The fourth-order valence-electron chi connectivity index (χ4n) is 2.84. The summed E-state index contributed by atoms with van der Waals surface area (Å²) < 4.78 is 7.04. The van der Waals surface area contributed by atoms with Gasteiger partial charge in [0.05, 0.1) is 5.69 Å². The van der Waals surface area contributed by atoms with Gasteiger partial charge in [-0.3, -0.25) is 4.90 Å². The zero-order chi connectivity index (χ0) is 16.0. The zero-order valence-electron chi connectivity index (χ0n) is 13.5. The maximum Gasteiger partial charge on any atom is 0.191 e. The standard InChI is InChI=1S/C15H19N7O/c1-10-17-18-14-4-5-15(19-22(10)14)21-7-13(8-21)20(3)6-12-9-23-11(2)16-12/h4-5,9,13H,6-8H2,1-3H3. The molecule has 1 saturated heterocycles. The molecule has 4 rings (SSSR count). The minimum Gasteiger partial charge on any atom is -0.449 e. The molecule has 1 aliphatic heterocycles. The van der Waals surface area contributed by atoms with Crippen molar-refractivity contribution in [3.05, 3.63) is 35.8 Å². The van der Waals surface area contributed by atoms with Crippen LogP contribution in [0.5, 0.6) is 0 Å². The van der Waals surface area contributed by atoms with Crippen molar-refractivity contribution in [2.75, 3.05) is 25.0 Å². The van der Waals surface area contributed by atoms with Crippen LogP contribution in [0.25, 0.3) is 5.65 Å². The van der Waals surface area contributed by atoms with Crippen LogP contribution in [0.2, 0.25) is 0 Å². The van der Waals surface area contributed by atoms with E-state index in [9.17, 15) is 0 Å². The van der Waals surface area contributed by atoms with Gasteiger partial charge in [0.1, 0.15) is 12.1 Å². The van der Waals surface area contributed by atoms with Crippen molar-refractivity contribution < 1.29 is 4.42 Å². The Morgan fingerprint density at radius 3 is 2.83 bits per heavy atom. The van der Waals surface area contributed by atoms with E-state index in [-0.39, 0.29) is 0 Å². The molecule has 23 heavy (non-hydrogen) atoms. The van der Waals surface area contributed by atoms with Gasteiger partial charge < -0.3 is 9.32 Å². The molecule has 0 aliphatic carbocycles. The van der Waals surface area contributed by atoms with E-state index in [0.29, 0.717) is 11.9 Å². The van der Waals surface area contributed by atoms with Gasteiger partial charge in [0, 0.05) is 32.6 Å². The third-order valence-electron chi connectivity index (χ3n) is 4.29. The number of aryl methyl sites for hydroxylation is 2. The molecule has 0 unspecified atom stereocenters. The number of aromatic nitrogens is 5. The molecule has 0 N–H and O–H groups in total. The Morgan fingerprint density at radius 2 is 2.09 bits per heavy atom. The highest BCUT2D eigenvalue weighted by Gasteiger charge is 2.31. The number of rotatable bonds is 4. The highest BCUT2D eigenvalue weighted by molar-refractivity contribution is 5.47. The lowest BCUT2D eigenvalue weighted by molar-refractivity contribution is 0.194. The normalized spacial score (nSPS) is 15.6. The maximum absolute atomic E-state index is 5.26. The summed E-state index contributed by atoms with van der Waals surface area (Å²) in [5.74, 6) is 2.48. The van der Waals surface area contributed by atoms with Gasteiger partial charge in [-0.2, -0.15) is 4.52 Å². The van der Waals surface area contributed by atoms with Gasteiger partial charge in [-0.15, -0.1) is 15.3 Å². The predicted octanol–water partition coefficient (Wildman–Crippen LogP) is 1.05. The van der Waals surface area contributed by atoms with E-state index in [0.717, 1.165) is 42.6 Å². The monoisotopic (exact) mass is 313 g/mol. The van der Waals surface area contributed by atoms with Gasteiger partial charge in [0.2, 0.25) is 0 Å². The van der Waals surface area contributed by atoms with Crippen LogP contribution in [-0.2, 0) is 6.54 Å². The largest absolute Gasteiger partial charge is 0.449 e. The number of hydrogen-bond acceptors (Lipinski definition) is 7. The molecule has 8 heteroatoms. The Morgan fingerprint density at radius 1 is 1.26 bits per heavy atom. The quantitative estimate of drug-likeness (QED) is 0.712. The average molecular weight is 313 g/mol. The summed E-state index contributed by atoms with van der Waals surface area (Å²) in [5.41, 5.74) is 1.75. The lowest BCUT2D eigenvalue weighted by atomic mass is 10.1. The lowest BCUT2D eigenvalue weighted by Gasteiger charge is -2.44. The number of likely N-dealkylation sites (N-methyl/N-ethyl adjacent to an activating group) is 1. The summed E-state index contributed by atoms with van der Waals surface area (Å²) in [6, 6.07) is 4.45. The van der Waals surface area contributed by atoms with E-state index >= 15 is 0 Å². The van der Waals surface area contributed by atoms with Crippen molar-refractivity contribution in [1.29, 1.82) is 0 Å². The minimum absolute atomic E-state index is 0.492. The number of anilines is 1. The SMILES string of the molecule is Cc1nc(CN(C)C2CN(c3ccc4nnc(C)n4n3)C2)co1. The van der Waals surface area contributed by atoms with Crippen LogP contribution in [0, 0.1) is 13.8 Å². The summed E-state index contributed by atoms with van der Waals surface area (Å²) in [7, 11) is 2.12. The second-order valence-corrected chi connectivity index (χ2v) is 6.04. The Bertz CT molecular complexity index is 833. The van der Waals surface area contributed by atoms with Crippen LogP contribution in [0.1, 0.15) is 17.4 Å². The summed E-state index contributed by atoms with van der Waals surface area (Å²) in [6.07, 6.45) is 1.73. The molecule has 0 saturated carbocycles. The molecule has 0 amide bonds. The van der Waals surface area contributed by atoms with Crippen molar-refractivity contribution >= 4 is 11.5 Å². The molecule has 0 radical (unpaired) electrons. The molecule has 120 valence electrons. The Kier molecular flexibility index (Phi) is 3.26. The van der Waals surface area contributed by atoms with Crippen molar-refractivity contribution in [1.82, 2.24) is 29.7 Å². The van der Waals surface area contributed by atoms with E-state index in [1.165, 1.54) is 0 Å². The fraction of sp³-hybridized carbons (Fsp3) is 0.467. The number of oxazole rings is 1. The molecule has 3 aromatic rings. The first-order chi connectivity index (χ1) is 11.1. The number of fused-ring (bicyclic) bond motifs is 1. The van der Waals surface area contributed by atoms with E-state index in [4.69, 9.17) is 4.42 Å². The summed E-state index contributed by atoms with van der Waals surface area (Å²) in [6.45, 7) is 6.47. The number of hydrogen-bond donors (Lipinski definition) is 0. The lowest BCUT2D eigenvalue weighted by Crippen LogP contribution is -2.58. The molecule has 0 bridgehead atoms. The van der Waals surface area contributed by atoms with E-state index in [2.05, 4.69) is 37.1 Å². The van der Waals surface area contributed by atoms with Crippen molar-refractivity contribution in [2.24, 2.45) is 0 Å². The van der Waals surface area contributed by atoms with Gasteiger partial charge in [-0.25, -0.2) is 4.98 Å². The highest BCUT2D eigenvalue weighted by atomic mass is 16.3. The second kappa shape index (κ2) is 5.31. The van der Waals surface area contributed by atoms with Crippen LogP contribution in [0.4, 0.5) is 5.82 Å². The fourth-order valence-corrected chi connectivity index (χ4v) is 2.84. The molecule has 0 aromatic carbocycles. The van der Waals surface area contributed by atoms with Crippen molar-refractivity contribution in [2.45, 2.75) is 26.4 Å². The Labute approximate surface area is 133 Å². The molecular formula is C15H19N7O. The first-order valence-corrected chi connectivity index (χ1v) is 7.65. The van der Waals surface area contributed by atoms with Gasteiger partial charge in [-0.05, 0) is 26.1 Å². The Balaban J connectivity index is 1.40. The summed E-state index contributed by atoms with van der Waals surface area (Å²) >= 11 is 0. The van der Waals surface area contributed by atoms with E-state index in [1.54, 1.807) is 10.8 Å². The Hall–Kier alpha value is -2.48. The molecule has 0 atom stereocenters. The molecule has 3 aromatic heterocycles. The maximum atomic E-state index is 5.26. The van der Waals surface area contributed by atoms with Gasteiger partial charge >= 0.3 is 0 Å². The van der Waals surface area contributed by atoms with E-state index < -0.39 is 0 Å². The van der Waals surface area contributed by atoms with Crippen LogP contribution < -0.4 is 4.90 Å². The zero-order valence-corrected chi connectivity index (χ0v) is 13.5. The van der Waals surface area contributed by atoms with Crippen LogP contribution >= 0.6 is 0 Å². The van der Waals surface area contributed by atoms with E-state index in [1.807, 2.05) is 26.0 Å². The third kappa shape index (κ3) is 2.55. The number of nitrogens with zero attached hydrogens (tertiary/aromatic N) is 7. The van der Waals surface area contributed by atoms with Crippen LogP contribution in [-0.4, -0.2) is 55.9 Å². The van der Waals surface area contributed by atoms with Crippen LogP contribution in [0.15, 0.2) is 22.8 Å². The first kappa shape index (κ1) is 14.1. The summed E-state index contributed by atoms with van der Waals surface area (Å²) in [5, 5.41) is 12.7. The second-order valence-electron chi connectivity index (χ2n) is 6.04. The first-order valence-electron chi connectivity index (χ1n) is 7.65. The molecule has 0 spiro atoms. The molecular weight excluding hydrogens is 294 g/mol. The molecule has 1 fully saturated rings. The minimum atomic E-state index is 0.492. The van der Waals surface area contributed by atoms with Crippen molar-refractivity contribution in [3.63, 3.8) is 0 Å². The predicted molar refractivity (Wildman–Crippen MR) is 84.2 cm³/mol. The van der Waals surface area contributed by atoms with Gasteiger partial charge in [-0.1, -0.05) is 0 Å². The molecule has 8 nitrogen and oxygen atoms in total. The van der Waals surface area contributed by atoms with Gasteiger partial charge in [0.25, 0.3) is 0 Å².